The number of sulfone groups is 1. The molecule has 1 atom stereocenters. The fraction of sp³-hybridized carbons (Fsp3) is 0.667. The van der Waals surface area contributed by atoms with Crippen molar-refractivity contribution >= 4 is 9.84 Å². The first-order valence-electron chi connectivity index (χ1n) is 5.01. The maximum atomic E-state index is 11.6. The minimum atomic E-state index is -2.97. The van der Waals surface area contributed by atoms with Crippen molar-refractivity contribution in [1.82, 2.24) is 9.78 Å². The predicted octanol–water partition coefficient (Wildman–Crippen LogP) is -0.318. The van der Waals surface area contributed by atoms with Gasteiger partial charge in [-0.3, -0.25) is 9.89 Å². The number of methoxy groups -OCH3 is 1. The molecule has 1 aliphatic rings. The molecule has 0 aliphatic carbocycles. The van der Waals surface area contributed by atoms with E-state index in [-0.39, 0.29) is 23.1 Å². The number of nitrogens with one attached hydrogen (secondary N) is 1. The standard InChI is InChI=1S/C9H14N2O4S/c1-15-5-7-4-9(12)11(10-7)8-2-3-16(13,14)6-8/h4,8,10H,2-3,5-6H2,1H3. The summed E-state index contributed by atoms with van der Waals surface area (Å²) in [5.74, 6) is 0.197. The Hall–Kier alpha value is -1.08. The van der Waals surface area contributed by atoms with E-state index in [0.717, 1.165) is 0 Å². The molecule has 1 unspecified atom stereocenters. The first-order chi connectivity index (χ1) is 7.52. The van der Waals surface area contributed by atoms with Gasteiger partial charge in [0.1, 0.15) is 0 Å². The van der Waals surface area contributed by atoms with E-state index in [1.165, 1.54) is 17.9 Å². The third-order valence-corrected chi connectivity index (χ3v) is 4.42. The molecule has 0 radical (unpaired) electrons. The molecule has 90 valence electrons. The molecular weight excluding hydrogens is 232 g/mol. The zero-order valence-corrected chi connectivity index (χ0v) is 9.79. The van der Waals surface area contributed by atoms with Crippen LogP contribution in [0.3, 0.4) is 0 Å². The molecule has 2 heterocycles. The van der Waals surface area contributed by atoms with Crippen LogP contribution in [-0.2, 0) is 21.2 Å². The van der Waals surface area contributed by atoms with Gasteiger partial charge in [-0.2, -0.15) is 0 Å². The number of rotatable bonds is 3. The van der Waals surface area contributed by atoms with Crippen LogP contribution in [0.2, 0.25) is 0 Å². The zero-order valence-electron chi connectivity index (χ0n) is 8.97. The van der Waals surface area contributed by atoms with E-state index in [0.29, 0.717) is 18.7 Å². The topological polar surface area (TPSA) is 81.2 Å². The number of hydrogen-bond donors (Lipinski definition) is 1. The second-order valence-corrected chi connectivity index (χ2v) is 6.21. The van der Waals surface area contributed by atoms with Gasteiger partial charge in [0.05, 0.1) is 29.8 Å². The molecule has 1 aliphatic heterocycles. The Kier molecular flexibility index (Phi) is 2.90. The van der Waals surface area contributed by atoms with Crippen molar-refractivity contribution in [3.8, 4) is 0 Å². The molecule has 0 spiro atoms. The molecule has 1 aromatic rings. The highest BCUT2D eigenvalue weighted by atomic mass is 32.2. The number of ether oxygens (including phenoxy) is 1. The second-order valence-electron chi connectivity index (χ2n) is 3.98. The van der Waals surface area contributed by atoms with Gasteiger partial charge in [-0.05, 0) is 6.42 Å². The number of H-pyrrole nitrogens is 1. The molecule has 1 N–H and O–H groups in total. The number of aromatic nitrogens is 2. The van der Waals surface area contributed by atoms with Crippen molar-refractivity contribution in [1.29, 1.82) is 0 Å². The third kappa shape index (κ3) is 2.19. The Labute approximate surface area is 93.1 Å². The maximum absolute atomic E-state index is 11.6. The van der Waals surface area contributed by atoms with E-state index in [1.54, 1.807) is 0 Å². The van der Waals surface area contributed by atoms with Crippen LogP contribution >= 0.6 is 0 Å². The SMILES string of the molecule is COCc1cc(=O)n(C2CCS(=O)(=O)C2)[nH]1. The Balaban J connectivity index is 2.25. The first-order valence-corrected chi connectivity index (χ1v) is 6.84. The van der Waals surface area contributed by atoms with Gasteiger partial charge in [0, 0.05) is 13.2 Å². The minimum absolute atomic E-state index is 0.0415. The van der Waals surface area contributed by atoms with Gasteiger partial charge < -0.3 is 4.74 Å². The molecule has 7 heteroatoms. The van der Waals surface area contributed by atoms with E-state index in [4.69, 9.17) is 4.74 Å². The lowest BCUT2D eigenvalue weighted by molar-refractivity contribution is 0.180. The number of hydrogen-bond acceptors (Lipinski definition) is 4. The summed E-state index contributed by atoms with van der Waals surface area (Å²) in [6, 6.07) is 1.18. The van der Waals surface area contributed by atoms with Crippen molar-refractivity contribution in [2.45, 2.75) is 19.1 Å². The van der Waals surface area contributed by atoms with Gasteiger partial charge in [0.15, 0.2) is 9.84 Å². The molecule has 1 saturated heterocycles. The van der Waals surface area contributed by atoms with Crippen LogP contribution < -0.4 is 5.56 Å². The summed E-state index contributed by atoms with van der Waals surface area (Å²) in [4.78, 5) is 11.6. The van der Waals surface area contributed by atoms with Gasteiger partial charge in [-0.25, -0.2) is 13.1 Å². The van der Waals surface area contributed by atoms with E-state index < -0.39 is 9.84 Å². The van der Waals surface area contributed by atoms with E-state index in [1.807, 2.05) is 0 Å². The molecule has 0 bridgehead atoms. The van der Waals surface area contributed by atoms with E-state index in [9.17, 15) is 13.2 Å². The molecule has 0 aromatic carbocycles. The zero-order chi connectivity index (χ0) is 11.8. The van der Waals surface area contributed by atoms with Crippen LogP contribution in [0.1, 0.15) is 18.2 Å². The summed E-state index contributed by atoms with van der Waals surface area (Å²) in [7, 11) is -1.44. The van der Waals surface area contributed by atoms with Crippen LogP contribution in [0.25, 0.3) is 0 Å². The third-order valence-electron chi connectivity index (χ3n) is 2.67. The Morgan fingerprint density at radius 1 is 1.62 bits per heavy atom. The van der Waals surface area contributed by atoms with Crippen LogP contribution in [0.5, 0.6) is 0 Å². The second kappa shape index (κ2) is 4.06. The molecule has 6 nitrogen and oxygen atoms in total. The maximum Gasteiger partial charge on any atom is 0.267 e. The van der Waals surface area contributed by atoms with Gasteiger partial charge >= 0.3 is 0 Å². The predicted molar refractivity (Wildman–Crippen MR) is 58.1 cm³/mol. The van der Waals surface area contributed by atoms with Crippen molar-refractivity contribution in [3.63, 3.8) is 0 Å². The van der Waals surface area contributed by atoms with Gasteiger partial charge in [0.25, 0.3) is 5.56 Å². The van der Waals surface area contributed by atoms with Crippen LogP contribution in [0.4, 0.5) is 0 Å². The molecule has 1 fully saturated rings. The lowest BCUT2D eigenvalue weighted by Gasteiger charge is -2.08. The van der Waals surface area contributed by atoms with Gasteiger partial charge in [-0.15, -0.1) is 0 Å². The summed E-state index contributed by atoms with van der Waals surface area (Å²) in [6.07, 6.45) is 0.495. The molecule has 0 saturated carbocycles. The summed E-state index contributed by atoms with van der Waals surface area (Å²) in [6.45, 7) is 0.321. The quantitative estimate of drug-likeness (QED) is 0.792. The van der Waals surface area contributed by atoms with E-state index >= 15 is 0 Å². The average molecular weight is 246 g/mol. The summed E-state index contributed by atoms with van der Waals surface area (Å²) in [5.41, 5.74) is 0.464. The molecule has 1 aromatic heterocycles. The van der Waals surface area contributed by atoms with Crippen molar-refractivity contribution in [2.24, 2.45) is 0 Å². The summed E-state index contributed by atoms with van der Waals surface area (Å²) < 4.78 is 28.9. The Morgan fingerprint density at radius 3 is 2.94 bits per heavy atom. The molecule has 16 heavy (non-hydrogen) atoms. The monoisotopic (exact) mass is 246 g/mol. The Bertz CT molecular complexity index is 528. The number of nitrogens with zero attached hydrogens (tertiary/aromatic N) is 1. The summed E-state index contributed by atoms with van der Waals surface area (Å²) >= 11 is 0. The molecule has 2 rings (SSSR count). The van der Waals surface area contributed by atoms with Crippen LogP contribution in [0, 0.1) is 0 Å². The largest absolute Gasteiger partial charge is 0.378 e. The van der Waals surface area contributed by atoms with Crippen LogP contribution in [0.15, 0.2) is 10.9 Å². The van der Waals surface area contributed by atoms with Crippen molar-refractivity contribution in [2.75, 3.05) is 18.6 Å². The number of aromatic amines is 1. The highest BCUT2D eigenvalue weighted by Crippen LogP contribution is 2.21. The highest BCUT2D eigenvalue weighted by molar-refractivity contribution is 7.91. The average Bonchev–Trinajstić information content (AvgIpc) is 2.70. The van der Waals surface area contributed by atoms with Crippen LogP contribution in [-0.4, -0.2) is 36.8 Å². The highest BCUT2D eigenvalue weighted by Gasteiger charge is 2.30. The van der Waals surface area contributed by atoms with Crippen molar-refractivity contribution < 1.29 is 13.2 Å². The van der Waals surface area contributed by atoms with E-state index in [2.05, 4.69) is 5.10 Å². The smallest absolute Gasteiger partial charge is 0.267 e. The van der Waals surface area contributed by atoms with Gasteiger partial charge in [0.2, 0.25) is 0 Å². The first kappa shape index (κ1) is 11.4. The lowest BCUT2D eigenvalue weighted by Crippen LogP contribution is -2.22. The Morgan fingerprint density at radius 2 is 2.38 bits per heavy atom. The lowest BCUT2D eigenvalue weighted by atomic mass is 10.3. The minimum Gasteiger partial charge on any atom is -0.378 e. The molecule has 0 amide bonds. The normalized spacial score (nSPS) is 23.7. The fourth-order valence-corrected chi connectivity index (χ4v) is 3.64. The van der Waals surface area contributed by atoms with Crippen molar-refractivity contribution in [3.05, 3.63) is 22.1 Å². The summed E-state index contributed by atoms with van der Waals surface area (Å²) in [5, 5.41) is 2.88. The molecular formula is C9H14N2O4S. The fourth-order valence-electron chi connectivity index (χ4n) is 1.94. The van der Waals surface area contributed by atoms with Gasteiger partial charge in [-0.1, -0.05) is 0 Å².